The standard InChI is InChI=1S/C22H26ClFN2O2/c1-13-14(2)21(27)7-5-18(13)15(3)26-10-8-17(9-11-26)25-22(28)16-4-6-20(24)19(23)12-16/h4-7,12,15,17,27H,8-11H2,1-3H3,(H,25,28). The van der Waals surface area contributed by atoms with Gasteiger partial charge in [-0.2, -0.15) is 0 Å². The third-order valence-electron chi connectivity index (χ3n) is 5.84. The molecule has 3 rings (SSSR count). The van der Waals surface area contributed by atoms with E-state index >= 15 is 0 Å². The molecule has 1 aliphatic heterocycles. The SMILES string of the molecule is Cc1c(O)ccc(C(C)N2CCC(NC(=O)c3ccc(F)c(Cl)c3)CC2)c1C. The summed E-state index contributed by atoms with van der Waals surface area (Å²) in [6.45, 7) is 7.90. The number of nitrogens with one attached hydrogen (secondary N) is 1. The van der Waals surface area contributed by atoms with E-state index < -0.39 is 5.82 Å². The summed E-state index contributed by atoms with van der Waals surface area (Å²) in [7, 11) is 0. The van der Waals surface area contributed by atoms with Gasteiger partial charge in [-0.25, -0.2) is 4.39 Å². The quantitative estimate of drug-likeness (QED) is 0.772. The number of likely N-dealkylation sites (tertiary alicyclic amines) is 1. The van der Waals surface area contributed by atoms with Crippen molar-refractivity contribution in [2.75, 3.05) is 13.1 Å². The number of rotatable bonds is 4. The second kappa shape index (κ2) is 8.50. The average Bonchev–Trinajstić information content (AvgIpc) is 2.68. The summed E-state index contributed by atoms with van der Waals surface area (Å²) in [6.07, 6.45) is 1.70. The van der Waals surface area contributed by atoms with Crippen LogP contribution in [0.4, 0.5) is 4.39 Å². The molecule has 1 amide bonds. The van der Waals surface area contributed by atoms with Crippen molar-refractivity contribution in [1.29, 1.82) is 0 Å². The van der Waals surface area contributed by atoms with Crippen LogP contribution in [0.15, 0.2) is 30.3 Å². The average molecular weight is 405 g/mol. The smallest absolute Gasteiger partial charge is 0.251 e. The van der Waals surface area contributed by atoms with Crippen LogP contribution in [0, 0.1) is 19.7 Å². The summed E-state index contributed by atoms with van der Waals surface area (Å²) in [5.74, 6) is -0.422. The van der Waals surface area contributed by atoms with Crippen LogP contribution in [0.2, 0.25) is 5.02 Å². The van der Waals surface area contributed by atoms with Crippen molar-refractivity contribution in [3.05, 3.63) is 63.4 Å². The van der Waals surface area contributed by atoms with Gasteiger partial charge in [-0.05, 0) is 74.6 Å². The number of amides is 1. The molecule has 2 N–H and O–H groups in total. The molecule has 28 heavy (non-hydrogen) atoms. The summed E-state index contributed by atoms with van der Waals surface area (Å²) in [5, 5.41) is 12.9. The number of aromatic hydroxyl groups is 1. The monoisotopic (exact) mass is 404 g/mol. The van der Waals surface area contributed by atoms with Gasteiger partial charge < -0.3 is 10.4 Å². The van der Waals surface area contributed by atoms with E-state index in [1.807, 2.05) is 19.9 Å². The maximum absolute atomic E-state index is 13.3. The first-order chi connectivity index (χ1) is 13.3. The fourth-order valence-electron chi connectivity index (χ4n) is 3.81. The minimum absolute atomic E-state index is 0.0455. The van der Waals surface area contributed by atoms with Crippen molar-refractivity contribution >= 4 is 17.5 Å². The fraction of sp³-hybridized carbons (Fsp3) is 0.409. The number of piperidine rings is 1. The molecule has 2 aromatic rings. The van der Waals surface area contributed by atoms with Crippen LogP contribution in [0.3, 0.4) is 0 Å². The van der Waals surface area contributed by atoms with Gasteiger partial charge in [0, 0.05) is 30.7 Å². The van der Waals surface area contributed by atoms with Gasteiger partial charge in [-0.3, -0.25) is 9.69 Å². The molecule has 0 aromatic heterocycles. The molecule has 1 heterocycles. The Morgan fingerprint density at radius 2 is 1.89 bits per heavy atom. The molecule has 0 aliphatic carbocycles. The zero-order chi connectivity index (χ0) is 20.4. The molecular formula is C22H26ClFN2O2. The zero-order valence-electron chi connectivity index (χ0n) is 16.4. The maximum atomic E-state index is 13.3. The van der Waals surface area contributed by atoms with Crippen LogP contribution >= 0.6 is 11.6 Å². The normalized spacial score (nSPS) is 16.8. The number of phenolic OH excluding ortho intramolecular Hbond substituents is 1. The first-order valence-corrected chi connectivity index (χ1v) is 9.94. The Kier molecular flexibility index (Phi) is 6.26. The minimum Gasteiger partial charge on any atom is -0.508 e. The third kappa shape index (κ3) is 4.31. The van der Waals surface area contributed by atoms with Crippen molar-refractivity contribution in [2.24, 2.45) is 0 Å². The highest BCUT2D eigenvalue weighted by atomic mass is 35.5. The van der Waals surface area contributed by atoms with Crippen molar-refractivity contribution in [3.63, 3.8) is 0 Å². The van der Waals surface area contributed by atoms with Crippen molar-refractivity contribution in [1.82, 2.24) is 10.2 Å². The lowest BCUT2D eigenvalue weighted by Gasteiger charge is -2.37. The second-order valence-corrected chi connectivity index (χ2v) is 7.92. The number of halogens is 2. The first kappa shape index (κ1) is 20.6. The zero-order valence-corrected chi connectivity index (χ0v) is 17.2. The van der Waals surface area contributed by atoms with Gasteiger partial charge in [0.1, 0.15) is 11.6 Å². The number of benzene rings is 2. The van der Waals surface area contributed by atoms with E-state index in [9.17, 15) is 14.3 Å². The number of phenols is 1. The molecule has 2 aromatic carbocycles. The Labute approximate surface area is 170 Å². The Hall–Kier alpha value is -2.11. The molecular weight excluding hydrogens is 379 g/mol. The highest BCUT2D eigenvalue weighted by molar-refractivity contribution is 6.31. The van der Waals surface area contributed by atoms with Crippen LogP contribution in [-0.2, 0) is 0 Å². The highest BCUT2D eigenvalue weighted by Gasteiger charge is 2.26. The lowest BCUT2D eigenvalue weighted by Crippen LogP contribution is -2.45. The largest absolute Gasteiger partial charge is 0.508 e. The Morgan fingerprint density at radius 1 is 1.21 bits per heavy atom. The number of hydrogen-bond acceptors (Lipinski definition) is 3. The molecule has 0 bridgehead atoms. The third-order valence-corrected chi connectivity index (χ3v) is 6.13. The lowest BCUT2D eigenvalue weighted by atomic mass is 9.94. The van der Waals surface area contributed by atoms with Crippen molar-refractivity contribution < 1.29 is 14.3 Å². The summed E-state index contributed by atoms with van der Waals surface area (Å²) < 4.78 is 13.3. The van der Waals surface area contributed by atoms with Gasteiger partial charge in [-0.1, -0.05) is 17.7 Å². The number of hydrogen-bond donors (Lipinski definition) is 2. The minimum atomic E-state index is -0.528. The summed E-state index contributed by atoms with van der Waals surface area (Å²) in [4.78, 5) is 14.8. The molecule has 150 valence electrons. The van der Waals surface area contributed by atoms with Crippen LogP contribution in [0.1, 0.15) is 52.9 Å². The fourth-order valence-corrected chi connectivity index (χ4v) is 3.99. The first-order valence-electron chi connectivity index (χ1n) is 9.57. The highest BCUT2D eigenvalue weighted by Crippen LogP contribution is 2.31. The molecule has 0 spiro atoms. The van der Waals surface area contributed by atoms with Crippen LogP contribution in [0.25, 0.3) is 0 Å². The van der Waals surface area contributed by atoms with Gasteiger partial charge in [0.15, 0.2) is 0 Å². The van der Waals surface area contributed by atoms with Gasteiger partial charge in [0.05, 0.1) is 5.02 Å². The van der Waals surface area contributed by atoms with E-state index in [1.165, 1.54) is 23.8 Å². The van der Waals surface area contributed by atoms with Crippen LogP contribution < -0.4 is 5.32 Å². The predicted octanol–water partition coefficient (Wildman–Crippen LogP) is 4.76. The van der Waals surface area contributed by atoms with Gasteiger partial charge >= 0.3 is 0 Å². The number of nitrogens with zero attached hydrogens (tertiary/aromatic N) is 1. The lowest BCUT2D eigenvalue weighted by molar-refractivity contribution is 0.0896. The molecule has 0 radical (unpaired) electrons. The van der Waals surface area contributed by atoms with Gasteiger partial charge in [-0.15, -0.1) is 0 Å². The molecule has 6 heteroatoms. The van der Waals surface area contributed by atoms with Crippen LogP contribution in [-0.4, -0.2) is 35.0 Å². The maximum Gasteiger partial charge on any atom is 0.251 e. The van der Waals surface area contributed by atoms with Gasteiger partial charge in [0.25, 0.3) is 5.91 Å². The topological polar surface area (TPSA) is 52.6 Å². The Bertz CT molecular complexity index is 879. The number of carbonyl (C=O) groups is 1. The van der Waals surface area contributed by atoms with E-state index in [-0.39, 0.29) is 23.0 Å². The molecule has 0 saturated carbocycles. The van der Waals surface area contributed by atoms with E-state index in [0.29, 0.717) is 11.3 Å². The van der Waals surface area contributed by atoms with E-state index in [1.54, 1.807) is 6.07 Å². The Balaban J connectivity index is 1.59. The molecule has 1 atom stereocenters. The second-order valence-electron chi connectivity index (χ2n) is 7.51. The van der Waals surface area contributed by atoms with Crippen LogP contribution in [0.5, 0.6) is 5.75 Å². The molecule has 4 nitrogen and oxygen atoms in total. The van der Waals surface area contributed by atoms with E-state index in [2.05, 4.69) is 17.1 Å². The predicted molar refractivity (Wildman–Crippen MR) is 109 cm³/mol. The van der Waals surface area contributed by atoms with Crippen molar-refractivity contribution in [2.45, 2.75) is 45.7 Å². The Morgan fingerprint density at radius 3 is 2.54 bits per heavy atom. The summed E-state index contributed by atoms with van der Waals surface area (Å²) in [6, 6.07) is 8.10. The molecule has 1 unspecified atom stereocenters. The van der Waals surface area contributed by atoms with E-state index in [4.69, 9.17) is 11.6 Å². The molecule has 1 saturated heterocycles. The number of carbonyl (C=O) groups excluding carboxylic acids is 1. The molecule has 1 aliphatic rings. The van der Waals surface area contributed by atoms with E-state index in [0.717, 1.165) is 37.1 Å². The van der Waals surface area contributed by atoms with Crippen molar-refractivity contribution in [3.8, 4) is 5.75 Å². The summed E-state index contributed by atoms with van der Waals surface area (Å²) >= 11 is 5.77. The van der Waals surface area contributed by atoms with Gasteiger partial charge in [0.2, 0.25) is 0 Å². The molecule has 1 fully saturated rings. The summed E-state index contributed by atoms with van der Waals surface area (Å²) in [5.41, 5.74) is 3.64.